The number of nitrogens with zero attached hydrogens (tertiary/aromatic N) is 2. The molecule has 2 aromatic rings. The normalized spacial score (nSPS) is 17.0. The number of halogens is 1. The minimum absolute atomic E-state index is 0.0231. The molecule has 0 aliphatic carbocycles. The second-order valence-electron chi connectivity index (χ2n) is 6.88. The molecule has 1 atom stereocenters. The molecule has 1 saturated heterocycles. The van der Waals surface area contributed by atoms with E-state index in [1.54, 1.807) is 0 Å². The first kappa shape index (κ1) is 19.1. The Balaban J connectivity index is 1.41. The molecule has 138 valence electrons. The van der Waals surface area contributed by atoms with E-state index in [4.69, 9.17) is 0 Å². The zero-order chi connectivity index (χ0) is 18.4. The van der Waals surface area contributed by atoms with Crippen LogP contribution in [0.3, 0.4) is 0 Å². The van der Waals surface area contributed by atoms with Crippen LogP contribution in [0, 0.1) is 0 Å². The van der Waals surface area contributed by atoms with Crippen LogP contribution >= 0.6 is 15.9 Å². The molecule has 3 rings (SSSR count). The van der Waals surface area contributed by atoms with Gasteiger partial charge in [0, 0.05) is 37.2 Å². The number of hydrogen-bond acceptors (Lipinski definition) is 3. The van der Waals surface area contributed by atoms with Crippen molar-refractivity contribution in [2.75, 3.05) is 32.7 Å². The smallest absolute Gasteiger partial charge is 0.234 e. The van der Waals surface area contributed by atoms with E-state index >= 15 is 0 Å². The van der Waals surface area contributed by atoms with Crippen LogP contribution in [0.15, 0.2) is 59.1 Å². The summed E-state index contributed by atoms with van der Waals surface area (Å²) in [5.74, 6) is 0.0944. The average Bonchev–Trinajstić information content (AvgIpc) is 2.64. The molecule has 26 heavy (non-hydrogen) atoms. The average molecular weight is 416 g/mol. The number of hydrogen-bond donors (Lipinski definition) is 1. The number of benzene rings is 2. The summed E-state index contributed by atoms with van der Waals surface area (Å²) >= 11 is 3.44. The largest absolute Gasteiger partial charge is 0.348 e. The fraction of sp³-hybridized carbons (Fsp3) is 0.381. The van der Waals surface area contributed by atoms with E-state index in [2.05, 4.69) is 61.4 Å². The van der Waals surface area contributed by atoms with Crippen molar-refractivity contribution in [2.24, 2.45) is 0 Å². The summed E-state index contributed by atoms with van der Waals surface area (Å²) in [6, 6.07) is 18.7. The lowest BCUT2D eigenvalue weighted by atomic mass is 10.1. The first-order valence-corrected chi connectivity index (χ1v) is 9.93. The van der Waals surface area contributed by atoms with Crippen LogP contribution in [0.25, 0.3) is 0 Å². The lowest BCUT2D eigenvalue weighted by Crippen LogP contribution is -2.49. The van der Waals surface area contributed by atoms with E-state index in [1.807, 2.05) is 31.2 Å². The van der Waals surface area contributed by atoms with Crippen LogP contribution in [-0.2, 0) is 11.3 Å². The van der Waals surface area contributed by atoms with Crippen molar-refractivity contribution >= 4 is 21.8 Å². The summed E-state index contributed by atoms with van der Waals surface area (Å²) in [7, 11) is 0. The SMILES string of the molecule is C[C@@H](NC(=O)CN1CCN(Cc2ccccc2)CC1)c1ccc(Br)cc1. The van der Waals surface area contributed by atoms with Gasteiger partial charge >= 0.3 is 0 Å². The van der Waals surface area contributed by atoms with Crippen LogP contribution in [-0.4, -0.2) is 48.4 Å². The fourth-order valence-corrected chi connectivity index (χ4v) is 3.54. The van der Waals surface area contributed by atoms with Gasteiger partial charge in [0.25, 0.3) is 0 Å². The highest BCUT2D eigenvalue weighted by Gasteiger charge is 2.19. The molecule has 4 nitrogen and oxygen atoms in total. The standard InChI is InChI=1S/C21H26BrN3O/c1-17(19-7-9-20(22)10-8-19)23-21(26)16-25-13-11-24(12-14-25)15-18-5-3-2-4-6-18/h2-10,17H,11-16H2,1H3,(H,23,26)/t17-/m1/s1. The number of carbonyl (C=O) groups excluding carboxylic acids is 1. The van der Waals surface area contributed by atoms with Crippen molar-refractivity contribution in [2.45, 2.75) is 19.5 Å². The Morgan fingerprint density at radius 1 is 1.00 bits per heavy atom. The molecule has 0 radical (unpaired) electrons. The first-order chi connectivity index (χ1) is 12.6. The molecule has 1 amide bonds. The van der Waals surface area contributed by atoms with Crippen LogP contribution < -0.4 is 5.32 Å². The van der Waals surface area contributed by atoms with Crippen molar-refractivity contribution in [1.29, 1.82) is 0 Å². The number of nitrogens with one attached hydrogen (secondary N) is 1. The number of carbonyl (C=O) groups is 1. The Bertz CT molecular complexity index is 697. The molecular formula is C21H26BrN3O. The Labute approximate surface area is 164 Å². The molecule has 0 unspecified atom stereocenters. The maximum atomic E-state index is 12.4. The Hall–Kier alpha value is -1.69. The maximum absolute atomic E-state index is 12.4. The summed E-state index contributed by atoms with van der Waals surface area (Å²) < 4.78 is 1.05. The molecule has 1 aliphatic heterocycles. The number of piperazine rings is 1. The molecule has 1 aliphatic rings. The van der Waals surface area contributed by atoms with E-state index in [1.165, 1.54) is 5.56 Å². The summed E-state index contributed by atoms with van der Waals surface area (Å²) in [5, 5.41) is 3.10. The minimum Gasteiger partial charge on any atom is -0.348 e. The van der Waals surface area contributed by atoms with Crippen molar-refractivity contribution in [1.82, 2.24) is 15.1 Å². The van der Waals surface area contributed by atoms with Gasteiger partial charge in [0.15, 0.2) is 0 Å². The topological polar surface area (TPSA) is 35.6 Å². The zero-order valence-corrected chi connectivity index (χ0v) is 16.8. The molecule has 2 aromatic carbocycles. The summed E-state index contributed by atoms with van der Waals surface area (Å²) in [4.78, 5) is 17.1. The van der Waals surface area contributed by atoms with Gasteiger partial charge in [-0.1, -0.05) is 58.4 Å². The van der Waals surface area contributed by atoms with Gasteiger partial charge in [-0.3, -0.25) is 14.6 Å². The molecule has 1 heterocycles. The molecule has 1 fully saturated rings. The van der Waals surface area contributed by atoms with Gasteiger partial charge in [-0.2, -0.15) is 0 Å². The second-order valence-corrected chi connectivity index (χ2v) is 7.79. The summed E-state index contributed by atoms with van der Waals surface area (Å²) in [6.07, 6.45) is 0. The van der Waals surface area contributed by atoms with Gasteiger partial charge < -0.3 is 5.32 Å². The Morgan fingerprint density at radius 3 is 2.27 bits per heavy atom. The van der Waals surface area contributed by atoms with E-state index in [0.717, 1.165) is 42.8 Å². The predicted octanol–water partition coefficient (Wildman–Crippen LogP) is 3.44. The summed E-state index contributed by atoms with van der Waals surface area (Å²) in [5.41, 5.74) is 2.47. The van der Waals surface area contributed by atoms with E-state index in [9.17, 15) is 4.79 Å². The monoisotopic (exact) mass is 415 g/mol. The first-order valence-electron chi connectivity index (χ1n) is 9.13. The zero-order valence-electron chi connectivity index (χ0n) is 15.2. The second kappa shape index (κ2) is 9.31. The third-order valence-corrected chi connectivity index (χ3v) is 5.36. The van der Waals surface area contributed by atoms with Gasteiger partial charge in [0.1, 0.15) is 0 Å². The lowest BCUT2D eigenvalue weighted by molar-refractivity contribution is -0.123. The summed E-state index contributed by atoms with van der Waals surface area (Å²) in [6.45, 7) is 7.37. The van der Waals surface area contributed by atoms with Gasteiger partial charge in [-0.15, -0.1) is 0 Å². The van der Waals surface area contributed by atoms with E-state index in [-0.39, 0.29) is 11.9 Å². The van der Waals surface area contributed by atoms with Crippen molar-refractivity contribution in [3.63, 3.8) is 0 Å². The molecule has 5 heteroatoms. The van der Waals surface area contributed by atoms with E-state index < -0.39 is 0 Å². The van der Waals surface area contributed by atoms with Crippen molar-refractivity contribution in [3.05, 3.63) is 70.2 Å². The molecule has 1 N–H and O–H groups in total. The van der Waals surface area contributed by atoms with Gasteiger partial charge in [-0.05, 0) is 30.2 Å². The third-order valence-electron chi connectivity index (χ3n) is 4.83. The Kier molecular flexibility index (Phi) is 6.83. The number of rotatable bonds is 6. The van der Waals surface area contributed by atoms with Crippen LogP contribution in [0.5, 0.6) is 0 Å². The minimum atomic E-state index is 0.0231. The molecule has 0 bridgehead atoms. The van der Waals surface area contributed by atoms with Crippen LogP contribution in [0.2, 0.25) is 0 Å². The maximum Gasteiger partial charge on any atom is 0.234 e. The van der Waals surface area contributed by atoms with Crippen molar-refractivity contribution < 1.29 is 4.79 Å². The predicted molar refractivity (Wildman–Crippen MR) is 109 cm³/mol. The van der Waals surface area contributed by atoms with Crippen molar-refractivity contribution in [3.8, 4) is 0 Å². The highest BCUT2D eigenvalue weighted by molar-refractivity contribution is 9.10. The highest BCUT2D eigenvalue weighted by Crippen LogP contribution is 2.16. The number of amides is 1. The molecule has 0 saturated carbocycles. The third kappa shape index (κ3) is 5.66. The highest BCUT2D eigenvalue weighted by atomic mass is 79.9. The van der Waals surface area contributed by atoms with Gasteiger partial charge in [0.05, 0.1) is 12.6 Å². The van der Waals surface area contributed by atoms with Gasteiger partial charge in [0.2, 0.25) is 5.91 Å². The molecule has 0 spiro atoms. The molecular weight excluding hydrogens is 390 g/mol. The Morgan fingerprint density at radius 2 is 1.62 bits per heavy atom. The van der Waals surface area contributed by atoms with Gasteiger partial charge in [-0.25, -0.2) is 0 Å². The van der Waals surface area contributed by atoms with Crippen LogP contribution in [0.1, 0.15) is 24.1 Å². The van der Waals surface area contributed by atoms with E-state index in [0.29, 0.717) is 6.54 Å². The molecule has 0 aromatic heterocycles. The lowest BCUT2D eigenvalue weighted by Gasteiger charge is -2.34. The van der Waals surface area contributed by atoms with Crippen LogP contribution in [0.4, 0.5) is 0 Å². The quantitative estimate of drug-likeness (QED) is 0.784. The fourth-order valence-electron chi connectivity index (χ4n) is 3.27.